The fourth-order valence-corrected chi connectivity index (χ4v) is 0.992. The van der Waals surface area contributed by atoms with Crippen molar-refractivity contribution in [2.45, 2.75) is 39.7 Å². The zero-order chi connectivity index (χ0) is 9.56. The topological polar surface area (TPSA) is 44.1 Å². The Morgan fingerprint density at radius 1 is 1.58 bits per heavy atom. The summed E-state index contributed by atoms with van der Waals surface area (Å²) in [5.41, 5.74) is 0. The van der Waals surface area contributed by atoms with Crippen molar-refractivity contribution in [1.82, 2.24) is 4.90 Å². The summed E-state index contributed by atoms with van der Waals surface area (Å²) in [5, 5.41) is 8.46. The van der Waals surface area contributed by atoms with Crippen molar-refractivity contribution in [2.75, 3.05) is 6.54 Å². The van der Waals surface area contributed by atoms with Gasteiger partial charge in [-0.05, 0) is 20.3 Å². The van der Waals surface area contributed by atoms with Crippen LogP contribution in [0.1, 0.15) is 33.6 Å². The molecular weight excluding hydrogens is 152 g/mol. The van der Waals surface area contributed by atoms with Gasteiger partial charge >= 0.3 is 0 Å². The standard InChI is InChI=1S/C9H16N2O/c1-4-5-9(12)11(7-6-10)8(2)3/h8H,4-5,7H2,1-3H3. The van der Waals surface area contributed by atoms with Gasteiger partial charge in [0.25, 0.3) is 0 Å². The minimum absolute atomic E-state index is 0.0778. The molecular formula is C9H16N2O. The Hall–Kier alpha value is -1.04. The minimum atomic E-state index is 0.0778. The number of carbonyl (C=O) groups is 1. The Kier molecular flexibility index (Phi) is 5.11. The van der Waals surface area contributed by atoms with Gasteiger partial charge in [0.15, 0.2) is 0 Å². The van der Waals surface area contributed by atoms with Crippen LogP contribution in [0.4, 0.5) is 0 Å². The highest BCUT2D eigenvalue weighted by Crippen LogP contribution is 2.02. The third-order valence-corrected chi connectivity index (χ3v) is 1.65. The maximum atomic E-state index is 11.3. The van der Waals surface area contributed by atoms with E-state index in [9.17, 15) is 4.79 Å². The number of hydrogen-bond acceptors (Lipinski definition) is 2. The van der Waals surface area contributed by atoms with Gasteiger partial charge < -0.3 is 4.90 Å². The maximum absolute atomic E-state index is 11.3. The molecule has 0 atom stereocenters. The van der Waals surface area contributed by atoms with Crippen LogP contribution >= 0.6 is 0 Å². The van der Waals surface area contributed by atoms with E-state index in [1.54, 1.807) is 4.90 Å². The van der Waals surface area contributed by atoms with Gasteiger partial charge in [0, 0.05) is 12.5 Å². The molecule has 0 fully saturated rings. The molecule has 0 aliphatic carbocycles. The Morgan fingerprint density at radius 2 is 2.17 bits per heavy atom. The quantitative estimate of drug-likeness (QED) is 0.598. The van der Waals surface area contributed by atoms with Crippen LogP contribution in [0.15, 0.2) is 0 Å². The predicted octanol–water partition coefficient (Wildman–Crippen LogP) is 1.55. The molecule has 68 valence electrons. The van der Waals surface area contributed by atoms with Gasteiger partial charge in [0.05, 0.1) is 6.07 Å². The largest absolute Gasteiger partial charge is 0.327 e. The van der Waals surface area contributed by atoms with Crippen LogP contribution in [0.25, 0.3) is 0 Å². The molecule has 0 aromatic heterocycles. The van der Waals surface area contributed by atoms with Gasteiger partial charge in [-0.2, -0.15) is 5.26 Å². The van der Waals surface area contributed by atoms with E-state index in [4.69, 9.17) is 5.26 Å². The molecule has 0 unspecified atom stereocenters. The highest BCUT2D eigenvalue weighted by molar-refractivity contribution is 5.76. The second-order valence-electron chi connectivity index (χ2n) is 3.02. The van der Waals surface area contributed by atoms with Crippen molar-refractivity contribution in [3.63, 3.8) is 0 Å². The average Bonchev–Trinajstić information content (AvgIpc) is 1.99. The van der Waals surface area contributed by atoms with Crippen LogP contribution in [0.3, 0.4) is 0 Å². The number of amides is 1. The second-order valence-corrected chi connectivity index (χ2v) is 3.02. The molecule has 3 nitrogen and oxygen atoms in total. The molecule has 0 heterocycles. The number of carbonyl (C=O) groups excluding carboxylic acids is 1. The lowest BCUT2D eigenvalue weighted by Gasteiger charge is -2.23. The van der Waals surface area contributed by atoms with Gasteiger partial charge in [-0.25, -0.2) is 0 Å². The van der Waals surface area contributed by atoms with Gasteiger partial charge in [0.2, 0.25) is 5.91 Å². The zero-order valence-electron chi connectivity index (χ0n) is 8.00. The summed E-state index contributed by atoms with van der Waals surface area (Å²) in [6, 6.07) is 2.12. The lowest BCUT2D eigenvalue weighted by Crippen LogP contribution is -2.36. The van der Waals surface area contributed by atoms with Crippen LogP contribution in [0.2, 0.25) is 0 Å². The molecule has 0 aromatic carbocycles. The minimum Gasteiger partial charge on any atom is -0.327 e. The smallest absolute Gasteiger partial charge is 0.223 e. The molecule has 1 amide bonds. The van der Waals surface area contributed by atoms with E-state index in [1.807, 2.05) is 26.8 Å². The normalized spacial score (nSPS) is 9.58. The lowest BCUT2D eigenvalue weighted by atomic mass is 10.2. The second kappa shape index (κ2) is 5.59. The molecule has 0 rings (SSSR count). The Balaban J connectivity index is 4.11. The van der Waals surface area contributed by atoms with E-state index in [-0.39, 0.29) is 18.5 Å². The van der Waals surface area contributed by atoms with Crippen LogP contribution in [0.5, 0.6) is 0 Å². The van der Waals surface area contributed by atoms with E-state index in [0.29, 0.717) is 6.42 Å². The van der Waals surface area contributed by atoms with Crippen molar-refractivity contribution in [3.8, 4) is 6.07 Å². The molecule has 0 saturated carbocycles. The fourth-order valence-electron chi connectivity index (χ4n) is 0.992. The molecule has 0 aliphatic rings. The SMILES string of the molecule is CCCC(=O)N(CC#N)C(C)C. The number of rotatable bonds is 4. The summed E-state index contributed by atoms with van der Waals surface area (Å²) in [6.07, 6.45) is 1.38. The molecule has 0 radical (unpaired) electrons. The number of hydrogen-bond donors (Lipinski definition) is 0. The first-order valence-electron chi connectivity index (χ1n) is 4.29. The maximum Gasteiger partial charge on any atom is 0.223 e. The first-order valence-corrected chi connectivity index (χ1v) is 4.29. The Bertz CT molecular complexity index is 181. The average molecular weight is 168 g/mol. The van der Waals surface area contributed by atoms with Crippen molar-refractivity contribution < 1.29 is 4.79 Å². The van der Waals surface area contributed by atoms with Crippen LogP contribution < -0.4 is 0 Å². The predicted molar refractivity (Wildman–Crippen MR) is 47.4 cm³/mol. The van der Waals surface area contributed by atoms with E-state index in [1.165, 1.54) is 0 Å². The summed E-state index contributed by atoms with van der Waals surface area (Å²) < 4.78 is 0. The number of nitriles is 1. The van der Waals surface area contributed by atoms with Crippen molar-refractivity contribution in [1.29, 1.82) is 5.26 Å². The van der Waals surface area contributed by atoms with Crippen LogP contribution in [-0.4, -0.2) is 23.4 Å². The van der Waals surface area contributed by atoms with Gasteiger partial charge in [0.1, 0.15) is 6.54 Å². The molecule has 0 bridgehead atoms. The molecule has 0 N–H and O–H groups in total. The number of nitrogens with zero attached hydrogens (tertiary/aromatic N) is 2. The van der Waals surface area contributed by atoms with Crippen molar-refractivity contribution in [2.24, 2.45) is 0 Å². The first-order chi connectivity index (χ1) is 5.63. The highest BCUT2D eigenvalue weighted by atomic mass is 16.2. The molecule has 0 spiro atoms. The van der Waals surface area contributed by atoms with Gasteiger partial charge in [-0.1, -0.05) is 6.92 Å². The van der Waals surface area contributed by atoms with E-state index >= 15 is 0 Å². The summed E-state index contributed by atoms with van der Waals surface area (Å²) in [5.74, 6) is 0.0778. The highest BCUT2D eigenvalue weighted by Gasteiger charge is 2.14. The van der Waals surface area contributed by atoms with E-state index in [2.05, 4.69) is 0 Å². The molecule has 12 heavy (non-hydrogen) atoms. The van der Waals surface area contributed by atoms with E-state index in [0.717, 1.165) is 6.42 Å². The molecule has 0 aromatic rings. The van der Waals surface area contributed by atoms with Gasteiger partial charge in [-0.15, -0.1) is 0 Å². The Morgan fingerprint density at radius 3 is 2.50 bits per heavy atom. The third-order valence-electron chi connectivity index (χ3n) is 1.65. The van der Waals surface area contributed by atoms with E-state index < -0.39 is 0 Å². The van der Waals surface area contributed by atoms with Crippen molar-refractivity contribution in [3.05, 3.63) is 0 Å². The lowest BCUT2D eigenvalue weighted by molar-refractivity contribution is -0.132. The van der Waals surface area contributed by atoms with Crippen LogP contribution in [0, 0.1) is 11.3 Å². The molecule has 0 saturated heterocycles. The zero-order valence-corrected chi connectivity index (χ0v) is 8.00. The summed E-state index contributed by atoms with van der Waals surface area (Å²) >= 11 is 0. The monoisotopic (exact) mass is 168 g/mol. The summed E-state index contributed by atoms with van der Waals surface area (Å²) in [7, 11) is 0. The molecule has 0 aliphatic heterocycles. The fraction of sp³-hybridized carbons (Fsp3) is 0.778. The molecule has 3 heteroatoms. The third kappa shape index (κ3) is 3.38. The first kappa shape index (κ1) is 11.0. The van der Waals surface area contributed by atoms with Gasteiger partial charge in [-0.3, -0.25) is 4.79 Å². The van der Waals surface area contributed by atoms with Crippen LogP contribution in [-0.2, 0) is 4.79 Å². The Labute approximate surface area is 74.0 Å². The van der Waals surface area contributed by atoms with Crippen molar-refractivity contribution >= 4 is 5.91 Å². The summed E-state index contributed by atoms with van der Waals surface area (Å²) in [6.45, 7) is 6.01. The summed E-state index contributed by atoms with van der Waals surface area (Å²) in [4.78, 5) is 13.0.